The summed E-state index contributed by atoms with van der Waals surface area (Å²) in [4.78, 5) is 1.91. The number of nitrogens with zero attached hydrogens (tertiary/aromatic N) is 4. The molecule has 2 fully saturated rings. The maximum atomic E-state index is 13.7. The van der Waals surface area contributed by atoms with Crippen LogP contribution < -0.4 is 0 Å². The van der Waals surface area contributed by atoms with Crippen LogP contribution in [0.15, 0.2) is 0 Å². The second-order valence-corrected chi connectivity index (χ2v) is 9.41. The smallest absolute Gasteiger partial charge is 0.115 e. The van der Waals surface area contributed by atoms with E-state index in [-0.39, 0.29) is 17.0 Å². The first-order valence-corrected chi connectivity index (χ1v) is 9.69. The maximum Gasteiger partial charge on any atom is 0.115 e. The standard InChI is InChI=1S/C14H27B2FN4S3/c1-10(2)21(11(3)22)14(16,24)13(15,23)18(4)20-8-7-19(17)9-12(20)5-6-12/h10-11,22-24H,5-9H2,1-4H3. The Morgan fingerprint density at radius 2 is 1.67 bits per heavy atom. The van der Waals surface area contributed by atoms with Gasteiger partial charge in [0.2, 0.25) is 0 Å². The molecule has 1 spiro atoms. The molecule has 4 nitrogen and oxygen atoms in total. The van der Waals surface area contributed by atoms with E-state index in [4.69, 9.17) is 41.0 Å². The van der Waals surface area contributed by atoms with Crippen LogP contribution in [-0.2, 0) is 0 Å². The van der Waals surface area contributed by atoms with E-state index >= 15 is 0 Å². The van der Waals surface area contributed by atoms with Gasteiger partial charge in [0.25, 0.3) is 0 Å². The maximum absolute atomic E-state index is 13.7. The normalized spacial score (nSPS) is 28.3. The van der Waals surface area contributed by atoms with E-state index in [1.54, 1.807) is 0 Å². The van der Waals surface area contributed by atoms with Gasteiger partial charge < -0.3 is 0 Å². The van der Waals surface area contributed by atoms with Gasteiger partial charge in [-0.25, -0.2) is 10.0 Å². The van der Waals surface area contributed by atoms with Crippen molar-refractivity contribution in [2.24, 2.45) is 0 Å². The van der Waals surface area contributed by atoms with E-state index in [0.29, 0.717) is 19.6 Å². The lowest BCUT2D eigenvalue weighted by Gasteiger charge is -2.59. The molecule has 4 radical (unpaired) electrons. The third-order valence-electron chi connectivity index (χ3n) is 5.14. The quantitative estimate of drug-likeness (QED) is 0.275. The summed E-state index contributed by atoms with van der Waals surface area (Å²) in [5, 5.41) is 4.65. The molecule has 1 heterocycles. The van der Waals surface area contributed by atoms with Crippen LogP contribution >= 0.6 is 37.9 Å². The highest BCUT2D eigenvalue weighted by Gasteiger charge is 2.57. The molecule has 0 aromatic heterocycles. The molecule has 10 heteroatoms. The molecule has 1 saturated heterocycles. The number of likely N-dealkylation sites (N-methyl/N-ethyl adjacent to an activating group) is 1. The number of hydrogen-bond acceptors (Lipinski definition) is 7. The summed E-state index contributed by atoms with van der Waals surface area (Å²) in [5.74, 6) is 0. The van der Waals surface area contributed by atoms with Gasteiger partial charge in [-0.15, -0.1) is 9.60 Å². The van der Waals surface area contributed by atoms with Crippen LogP contribution in [0.25, 0.3) is 0 Å². The number of rotatable bonds is 6. The monoisotopic (exact) mass is 388 g/mol. The van der Waals surface area contributed by atoms with Crippen LogP contribution in [0.4, 0.5) is 4.48 Å². The number of piperazine rings is 1. The fourth-order valence-electron chi connectivity index (χ4n) is 3.67. The zero-order valence-corrected chi connectivity index (χ0v) is 17.5. The van der Waals surface area contributed by atoms with Gasteiger partial charge in [0.15, 0.2) is 0 Å². The van der Waals surface area contributed by atoms with E-state index in [1.807, 2.05) is 37.7 Å². The first-order chi connectivity index (χ1) is 10.9. The van der Waals surface area contributed by atoms with Crippen molar-refractivity contribution < 1.29 is 4.48 Å². The van der Waals surface area contributed by atoms with E-state index < -0.39 is 9.54 Å². The summed E-state index contributed by atoms with van der Waals surface area (Å²) in [6.07, 6.45) is 1.87. The molecule has 3 unspecified atom stereocenters. The fraction of sp³-hybridized carbons (Fsp3) is 1.00. The van der Waals surface area contributed by atoms with Gasteiger partial charge in [0.05, 0.1) is 15.7 Å². The molecule has 0 amide bonds. The summed E-state index contributed by atoms with van der Waals surface area (Å²) in [7, 11) is 15.0. The average Bonchev–Trinajstić information content (AvgIpc) is 3.16. The molecule has 1 aliphatic heterocycles. The minimum absolute atomic E-state index is 0.0704. The Balaban J connectivity index is 2.27. The molecule has 0 aromatic rings. The van der Waals surface area contributed by atoms with Crippen LogP contribution in [0.5, 0.6) is 0 Å². The Kier molecular flexibility index (Phi) is 6.35. The van der Waals surface area contributed by atoms with Gasteiger partial charge in [0, 0.05) is 37.5 Å². The van der Waals surface area contributed by atoms with Crippen molar-refractivity contribution in [3.63, 3.8) is 0 Å². The van der Waals surface area contributed by atoms with Crippen molar-refractivity contribution in [2.75, 3.05) is 26.7 Å². The molecule has 2 aliphatic rings. The number of hydrazine groups is 1. The van der Waals surface area contributed by atoms with E-state index in [0.717, 1.165) is 18.0 Å². The van der Waals surface area contributed by atoms with Crippen molar-refractivity contribution >= 4 is 53.6 Å². The highest BCUT2D eigenvalue weighted by atomic mass is 32.1. The fourth-order valence-corrected chi connectivity index (χ4v) is 4.98. The second kappa shape index (κ2) is 7.17. The third-order valence-corrected chi connectivity index (χ3v) is 6.77. The van der Waals surface area contributed by atoms with E-state index in [1.165, 1.54) is 0 Å². The number of halogens is 1. The molecule has 1 aliphatic carbocycles. The zero-order chi connectivity index (χ0) is 18.5. The predicted octanol–water partition coefficient (Wildman–Crippen LogP) is 1.36. The summed E-state index contributed by atoms with van der Waals surface area (Å²) in [6.45, 7) is 7.19. The zero-order valence-electron chi connectivity index (χ0n) is 14.9. The van der Waals surface area contributed by atoms with Gasteiger partial charge >= 0.3 is 0 Å². The number of thiol groups is 3. The van der Waals surface area contributed by atoms with Crippen LogP contribution in [0.3, 0.4) is 0 Å². The SMILES string of the molecule is [B]C(S)(N(C(C)C)C(C)S)C([B])(S)N(C)N1CCN(F)CC12CC2. The Labute approximate surface area is 164 Å². The Morgan fingerprint density at radius 1 is 1.12 bits per heavy atom. The van der Waals surface area contributed by atoms with Gasteiger partial charge in [-0.1, -0.05) is 0 Å². The number of hydrogen-bond donors (Lipinski definition) is 3. The molecule has 2 rings (SSSR count). The topological polar surface area (TPSA) is 13.0 Å². The highest BCUT2D eigenvalue weighted by Crippen LogP contribution is 2.48. The van der Waals surface area contributed by atoms with Crippen LogP contribution in [0.1, 0.15) is 33.6 Å². The Hall–Kier alpha value is 0.950. The van der Waals surface area contributed by atoms with E-state index in [2.05, 4.69) is 17.6 Å². The average molecular weight is 388 g/mol. The molecular weight excluding hydrogens is 361 g/mol. The van der Waals surface area contributed by atoms with Crippen molar-refractivity contribution in [2.45, 2.75) is 60.1 Å². The molecule has 0 aromatic carbocycles. The third kappa shape index (κ3) is 3.66. The molecule has 134 valence electrons. The molecule has 3 atom stereocenters. The Bertz CT molecular complexity index is 455. The van der Waals surface area contributed by atoms with Gasteiger partial charge in [-0.05, 0) is 33.6 Å². The molecule has 24 heavy (non-hydrogen) atoms. The Morgan fingerprint density at radius 3 is 2.08 bits per heavy atom. The van der Waals surface area contributed by atoms with Crippen LogP contribution in [0, 0.1) is 0 Å². The first-order valence-electron chi connectivity index (χ1n) is 8.28. The molecule has 0 N–H and O–H groups in total. The lowest BCUT2D eigenvalue weighted by molar-refractivity contribution is -0.153. The van der Waals surface area contributed by atoms with Crippen molar-refractivity contribution in [1.29, 1.82) is 0 Å². The first kappa shape index (κ1) is 21.3. The lowest BCUT2D eigenvalue weighted by atomic mass is 9.73. The predicted molar refractivity (Wildman–Crippen MR) is 109 cm³/mol. The van der Waals surface area contributed by atoms with Crippen LogP contribution in [-0.4, -0.2) is 88.9 Å². The van der Waals surface area contributed by atoms with E-state index in [9.17, 15) is 4.48 Å². The van der Waals surface area contributed by atoms with Crippen molar-refractivity contribution in [1.82, 2.24) is 20.0 Å². The largest absolute Gasteiger partial charge is 0.282 e. The van der Waals surface area contributed by atoms with Gasteiger partial charge in [0.1, 0.15) is 15.7 Å². The highest BCUT2D eigenvalue weighted by molar-refractivity contribution is 7.88. The summed E-state index contributed by atoms with van der Waals surface area (Å²) in [5.41, 5.74) is -0.214. The minimum Gasteiger partial charge on any atom is -0.282 e. The van der Waals surface area contributed by atoms with Crippen molar-refractivity contribution in [3.05, 3.63) is 0 Å². The van der Waals surface area contributed by atoms with Crippen molar-refractivity contribution in [3.8, 4) is 0 Å². The minimum atomic E-state index is -1.29. The van der Waals surface area contributed by atoms with Gasteiger partial charge in [-0.2, -0.15) is 37.9 Å². The summed E-state index contributed by atoms with van der Waals surface area (Å²) in [6, 6.07) is 0.0704. The summed E-state index contributed by atoms with van der Waals surface area (Å²) >= 11 is 13.9. The summed E-state index contributed by atoms with van der Waals surface area (Å²) < 4.78 is 11.2. The second-order valence-electron chi connectivity index (χ2n) is 7.30. The molecule has 1 saturated carbocycles. The lowest BCUT2D eigenvalue weighted by Crippen LogP contribution is -2.73. The van der Waals surface area contributed by atoms with Crippen LogP contribution in [0.2, 0.25) is 0 Å². The molecular formula is C14H27B2FN4S3. The van der Waals surface area contributed by atoms with Gasteiger partial charge in [-0.3, -0.25) is 4.90 Å². The molecule has 0 bridgehead atoms.